The molecule has 12 heteroatoms. The van der Waals surface area contributed by atoms with E-state index < -0.39 is 44.0 Å². The predicted octanol–water partition coefficient (Wildman–Crippen LogP) is 3.19. The molecule has 0 radical (unpaired) electrons. The molecule has 0 aromatic rings. The molecular formula is C10H13ClF6O4S. The fourth-order valence-electron chi connectivity index (χ4n) is 1.44. The smallest absolute Gasteiger partial charge is 0.444 e. The highest BCUT2D eigenvalue weighted by atomic mass is 35.5. The molecule has 0 saturated heterocycles. The van der Waals surface area contributed by atoms with Crippen LogP contribution in [0.3, 0.4) is 0 Å². The molecule has 0 aliphatic rings. The van der Waals surface area contributed by atoms with Crippen LogP contribution in [0.2, 0.25) is 0 Å². The third kappa shape index (κ3) is 3.61. The molecule has 0 N–H and O–H groups in total. The van der Waals surface area contributed by atoms with Crippen LogP contribution < -0.4 is 0 Å². The van der Waals surface area contributed by atoms with Crippen LogP contribution in [0.5, 0.6) is 0 Å². The zero-order valence-corrected chi connectivity index (χ0v) is 13.0. The number of carbonyl (C=O) groups excluding carboxylic acids is 1. The maximum Gasteiger partial charge on any atom is 0.444 e. The van der Waals surface area contributed by atoms with Gasteiger partial charge in [-0.05, 0) is 6.42 Å². The minimum atomic E-state index is -6.38. The van der Waals surface area contributed by atoms with E-state index in [2.05, 4.69) is 16.3 Å². The van der Waals surface area contributed by atoms with E-state index in [-0.39, 0.29) is 12.8 Å². The van der Waals surface area contributed by atoms with E-state index in [4.69, 9.17) is 0 Å². The first-order valence-electron chi connectivity index (χ1n) is 5.82. The molecule has 132 valence electrons. The molecule has 2 atom stereocenters. The van der Waals surface area contributed by atoms with Gasteiger partial charge in [-0.25, -0.2) is 12.8 Å². The summed E-state index contributed by atoms with van der Waals surface area (Å²) in [5, 5.41) is -14.6. The summed E-state index contributed by atoms with van der Waals surface area (Å²) in [7, 11) is -5.60. The Bertz CT molecular complexity index is 502. The van der Waals surface area contributed by atoms with E-state index in [1.54, 1.807) is 0 Å². The van der Waals surface area contributed by atoms with Crippen LogP contribution in [0, 0.1) is 0 Å². The van der Waals surface area contributed by atoms with Gasteiger partial charge in [-0.15, -0.1) is 0 Å². The number of hydrogen-bond acceptors (Lipinski definition) is 4. The maximum absolute atomic E-state index is 13.6. The number of carbonyl (C=O) groups is 1. The maximum atomic E-state index is 13.6. The topological polar surface area (TPSA) is 60.4 Å². The number of halogens is 7. The van der Waals surface area contributed by atoms with Gasteiger partial charge in [0.15, 0.2) is 5.25 Å². The molecule has 0 rings (SSSR count). The average Bonchev–Trinajstić information content (AvgIpc) is 2.36. The molecule has 0 aliphatic carbocycles. The summed E-state index contributed by atoms with van der Waals surface area (Å²) in [6.45, 7) is 1.51. The number of sulfone groups is 1. The fraction of sp³-hybridized carbons (Fsp3) is 0.900. The Balaban J connectivity index is 5.99. The van der Waals surface area contributed by atoms with Crippen molar-refractivity contribution >= 4 is 27.4 Å². The number of esters is 1. The summed E-state index contributed by atoms with van der Waals surface area (Å²) < 4.78 is 105. The molecule has 22 heavy (non-hydrogen) atoms. The van der Waals surface area contributed by atoms with E-state index in [9.17, 15) is 39.6 Å². The predicted molar refractivity (Wildman–Crippen MR) is 64.9 cm³/mol. The van der Waals surface area contributed by atoms with Crippen LogP contribution in [-0.4, -0.2) is 43.3 Å². The molecule has 0 spiro atoms. The molecule has 4 nitrogen and oxygen atoms in total. The number of alkyl halides is 7. The summed E-state index contributed by atoms with van der Waals surface area (Å²) in [5.74, 6) is -1.72. The number of ether oxygens (including phenoxy) is 1. The van der Waals surface area contributed by atoms with Crippen LogP contribution in [0.1, 0.15) is 26.2 Å². The number of methoxy groups -OCH3 is 1. The molecule has 0 heterocycles. The highest BCUT2D eigenvalue weighted by Gasteiger charge is 2.77. The lowest BCUT2D eigenvalue weighted by atomic mass is 10.2. The lowest BCUT2D eigenvalue weighted by Gasteiger charge is -2.31. The van der Waals surface area contributed by atoms with Crippen molar-refractivity contribution in [2.45, 2.75) is 48.0 Å². The van der Waals surface area contributed by atoms with Gasteiger partial charge < -0.3 is 4.74 Å². The van der Waals surface area contributed by atoms with Crippen LogP contribution in [-0.2, 0) is 19.4 Å². The van der Waals surface area contributed by atoms with Gasteiger partial charge >= 0.3 is 22.5 Å². The number of hydrogen-bond donors (Lipinski definition) is 0. The molecule has 0 fully saturated rings. The summed E-state index contributed by atoms with van der Waals surface area (Å²) >= 11 is 4.14. The van der Waals surface area contributed by atoms with Crippen molar-refractivity contribution in [3.05, 3.63) is 0 Å². The first-order valence-corrected chi connectivity index (χ1v) is 7.74. The summed E-state index contributed by atoms with van der Waals surface area (Å²) in [6, 6.07) is 0. The van der Waals surface area contributed by atoms with E-state index in [1.807, 2.05) is 0 Å². The third-order valence-electron chi connectivity index (χ3n) is 2.74. The first-order chi connectivity index (χ1) is 9.68. The Hall–Kier alpha value is -0.710. The standard InChI is InChI=1S/C10H13ClF6O4S/c1-3-4-5-6(7(18)21-2)22(19,20)10(16,17)8(11,12)9(13,14)15/h6H,3-5H2,1-2H3. The second-order valence-electron chi connectivity index (χ2n) is 4.29. The van der Waals surface area contributed by atoms with E-state index in [0.29, 0.717) is 7.11 Å². The number of rotatable bonds is 7. The third-order valence-corrected chi connectivity index (χ3v) is 5.47. The van der Waals surface area contributed by atoms with Crippen molar-refractivity contribution < 1.29 is 44.3 Å². The second kappa shape index (κ2) is 6.81. The Morgan fingerprint density at radius 1 is 1.18 bits per heavy atom. The lowest BCUT2D eigenvalue weighted by Crippen LogP contribution is -2.58. The normalized spacial score (nSPS) is 17.7. The molecule has 0 aromatic carbocycles. The molecule has 0 amide bonds. The summed E-state index contributed by atoms with van der Waals surface area (Å²) in [6.07, 6.45) is -6.99. The molecule has 0 aromatic heterocycles. The van der Waals surface area contributed by atoms with Gasteiger partial charge in [0.1, 0.15) is 0 Å². The van der Waals surface area contributed by atoms with Crippen molar-refractivity contribution in [3.63, 3.8) is 0 Å². The highest BCUT2D eigenvalue weighted by Crippen LogP contribution is 2.52. The molecular weight excluding hydrogens is 366 g/mol. The molecule has 0 saturated carbocycles. The van der Waals surface area contributed by atoms with E-state index in [1.165, 1.54) is 6.92 Å². The lowest BCUT2D eigenvalue weighted by molar-refractivity contribution is -0.243. The molecule has 0 aliphatic heterocycles. The molecule has 2 unspecified atom stereocenters. The van der Waals surface area contributed by atoms with Gasteiger partial charge in [-0.2, -0.15) is 22.0 Å². The minimum absolute atomic E-state index is 0.0946. The van der Waals surface area contributed by atoms with Crippen molar-refractivity contribution in [2.75, 3.05) is 7.11 Å². The fourth-order valence-corrected chi connectivity index (χ4v) is 3.42. The number of unbranched alkanes of at least 4 members (excludes halogenated alkanes) is 1. The van der Waals surface area contributed by atoms with Crippen LogP contribution in [0.4, 0.5) is 26.3 Å². The van der Waals surface area contributed by atoms with Gasteiger partial charge in [-0.3, -0.25) is 4.79 Å². The van der Waals surface area contributed by atoms with Crippen molar-refractivity contribution in [2.24, 2.45) is 0 Å². The van der Waals surface area contributed by atoms with Gasteiger partial charge in [-0.1, -0.05) is 31.4 Å². The SMILES string of the molecule is CCCCC(C(=O)OC)S(=O)(=O)C(F)(F)C(F)(Cl)C(F)(F)F. The second-order valence-corrected chi connectivity index (χ2v) is 6.98. The van der Waals surface area contributed by atoms with Crippen molar-refractivity contribution in [1.29, 1.82) is 0 Å². The summed E-state index contributed by atoms with van der Waals surface area (Å²) in [5.41, 5.74) is 0. The Labute approximate surface area is 127 Å². The van der Waals surface area contributed by atoms with Gasteiger partial charge in [0.25, 0.3) is 0 Å². The Morgan fingerprint density at radius 3 is 1.95 bits per heavy atom. The van der Waals surface area contributed by atoms with Gasteiger partial charge in [0.05, 0.1) is 7.11 Å². The highest BCUT2D eigenvalue weighted by molar-refractivity contribution is 7.93. The largest absolute Gasteiger partial charge is 0.468 e. The first kappa shape index (κ1) is 21.3. The van der Waals surface area contributed by atoms with Crippen molar-refractivity contribution in [1.82, 2.24) is 0 Å². The van der Waals surface area contributed by atoms with Crippen LogP contribution >= 0.6 is 11.6 Å². The van der Waals surface area contributed by atoms with E-state index in [0.717, 1.165) is 0 Å². The van der Waals surface area contributed by atoms with Crippen LogP contribution in [0.25, 0.3) is 0 Å². The van der Waals surface area contributed by atoms with E-state index >= 15 is 0 Å². The Kier molecular flexibility index (Phi) is 6.59. The van der Waals surface area contributed by atoms with Crippen LogP contribution in [0.15, 0.2) is 0 Å². The van der Waals surface area contributed by atoms with Gasteiger partial charge in [0, 0.05) is 0 Å². The van der Waals surface area contributed by atoms with Gasteiger partial charge in [0.2, 0.25) is 9.84 Å². The minimum Gasteiger partial charge on any atom is -0.468 e. The zero-order valence-electron chi connectivity index (χ0n) is 11.4. The van der Waals surface area contributed by atoms with Crippen molar-refractivity contribution in [3.8, 4) is 0 Å². The Morgan fingerprint density at radius 2 is 1.64 bits per heavy atom. The average molecular weight is 379 g/mol. The molecule has 0 bridgehead atoms. The summed E-state index contributed by atoms with van der Waals surface area (Å²) in [4.78, 5) is 11.3. The quantitative estimate of drug-likeness (QED) is 0.388. The monoisotopic (exact) mass is 378 g/mol. The zero-order chi connectivity index (χ0) is 18.0.